The quantitative estimate of drug-likeness (QED) is 0.661. The highest BCUT2D eigenvalue weighted by atomic mass is 16.6. The van der Waals surface area contributed by atoms with Gasteiger partial charge in [-0.1, -0.05) is 32.4 Å². The zero-order chi connectivity index (χ0) is 20.5. The maximum Gasteiger partial charge on any atom is 0.303 e. The second kappa shape index (κ2) is 6.14. The lowest BCUT2D eigenvalue weighted by molar-refractivity contribution is -0.186. The molecule has 4 rings (SSSR count). The Labute approximate surface area is 167 Å². The lowest BCUT2D eigenvalue weighted by Gasteiger charge is -2.59. The van der Waals surface area contributed by atoms with Gasteiger partial charge in [0.1, 0.15) is 0 Å². The van der Waals surface area contributed by atoms with Gasteiger partial charge in [0, 0.05) is 17.8 Å². The Bertz CT molecular complexity index is 807. The minimum absolute atomic E-state index is 0.00929. The molecule has 0 unspecified atom stereocenters. The molecule has 0 aliphatic heterocycles. The number of fused-ring (bicyclic) bond motifs is 5. The average Bonchev–Trinajstić information content (AvgIpc) is 2.90. The van der Waals surface area contributed by atoms with E-state index in [2.05, 4.69) is 26.8 Å². The summed E-state index contributed by atoms with van der Waals surface area (Å²) in [5, 5.41) is 0. The Morgan fingerprint density at radius 2 is 1.79 bits per heavy atom. The molecule has 0 N–H and O–H groups in total. The van der Waals surface area contributed by atoms with Gasteiger partial charge < -0.3 is 4.74 Å². The molecule has 7 atom stereocenters. The number of rotatable bonds is 2. The molecular weight excluding hydrogens is 352 g/mol. The van der Waals surface area contributed by atoms with E-state index in [0.29, 0.717) is 30.1 Å². The van der Waals surface area contributed by atoms with Crippen LogP contribution in [0.25, 0.3) is 0 Å². The van der Waals surface area contributed by atoms with Gasteiger partial charge in [-0.3, -0.25) is 14.4 Å². The number of Topliss-reactive ketones (excluding diaryl/α,β-unsaturated/α-hetero) is 1. The second-order valence-electron chi connectivity index (χ2n) is 10.1. The zero-order valence-electron chi connectivity index (χ0n) is 17.7. The molecule has 4 aliphatic carbocycles. The van der Waals surface area contributed by atoms with Gasteiger partial charge >= 0.3 is 5.97 Å². The molecule has 0 saturated heterocycles. The fraction of sp³-hybridized carbons (Fsp3) is 0.708. The molecular formula is C24H32O4. The third kappa shape index (κ3) is 2.39. The molecule has 0 amide bonds. The minimum atomic E-state index is -0.979. The Morgan fingerprint density at radius 1 is 1.11 bits per heavy atom. The van der Waals surface area contributed by atoms with E-state index in [9.17, 15) is 14.4 Å². The van der Waals surface area contributed by atoms with E-state index in [1.54, 1.807) is 13.0 Å². The van der Waals surface area contributed by atoms with Crippen molar-refractivity contribution in [3.8, 4) is 0 Å². The van der Waals surface area contributed by atoms with Crippen LogP contribution in [0, 0.1) is 34.5 Å². The van der Waals surface area contributed by atoms with E-state index in [0.717, 1.165) is 25.7 Å². The van der Waals surface area contributed by atoms with Crippen LogP contribution in [0.1, 0.15) is 66.7 Å². The number of ketones is 2. The van der Waals surface area contributed by atoms with E-state index in [1.807, 2.05) is 6.08 Å². The van der Waals surface area contributed by atoms with Crippen LogP contribution in [0.15, 0.2) is 23.8 Å². The number of hydrogen-bond acceptors (Lipinski definition) is 4. The summed E-state index contributed by atoms with van der Waals surface area (Å²) in [5.74, 6) is 1.39. The Balaban J connectivity index is 1.75. The number of ether oxygens (including phenoxy) is 1. The van der Waals surface area contributed by atoms with Crippen LogP contribution in [-0.2, 0) is 19.1 Å². The lowest BCUT2D eigenvalue weighted by atomic mass is 9.45. The number of carbonyl (C=O) groups excluding carboxylic acids is 3. The van der Waals surface area contributed by atoms with Crippen LogP contribution in [-0.4, -0.2) is 23.1 Å². The molecule has 4 aliphatic rings. The first kappa shape index (κ1) is 19.6. The van der Waals surface area contributed by atoms with Crippen molar-refractivity contribution >= 4 is 17.5 Å². The highest BCUT2D eigenvalue weighted by molar-refractivity contribution is 6.01. The molecule has 28 heavy (non-hydrogen) atoms. The molecule has 4 heteroatoms. The second-order valence-corrected chi connectivity index (χ2v) is 10.1. The summed E-state index contributed by atoms with van der Waals surface area (Å²) >= 11 is 0. The van der Waals surface area contributed by atoms with Gasteiger partial charge in [-0.2, -0.15) is 0 Å². The highest BCUT2D eigenvalue weighted by Gasteiger charge is 2.68. The Kier molecular flexibility index (Phi) is 4.30. The van der Waals surface area contributed by atoms with E-state index in [1.165, 1.54) is 12.5 Å². The SMILES string of the molecule is CC(=O)O[C@@]1(C(C)=O)CC[C@H]2[C@@H]3C[C@H](C)C4=CC(=O)C=C[C@]4(C)[C@H]3CC[C@@]21C. The van der Waals surface area contributed by atoms with Crippen LogP contribution in [0.4, 0.5) is 0 Å². The molecule has 0 bridgehead atoms. The monoisotopic (exact) mass is 384 g/mol. The van der Waals surface area contributed by atoms with Crippen molar-refractivity contribution in [2.45, 2.75) is 72.3 Å². The molecule has 3 fully saturated rings. The topological polar surface area (TPSA) is 60.4 Å². The van der Waals surface area contributed by atoms with Crippen molar-refractivity contribution in [1.82, 2.24) is 0 Å². The van der Waals surface area contributed by atoms with Crippen molar-refractivity contribution in [3.05, 3.63) is 23.8 Å². The lowest BCUT2D eigenvalue weighted by Crippen LogP contribution is -2.59. The number of allylic oxidation sites excluding steroid dienone is 4. The first-order valence-electron chi connectivity index (χ1n) is 10.7. The molecule has 0 heterocycles. The number of hydrogen-bond donors (Lipinski definition) is 0. The zero-order valence-corrected chi connectivity index (χ0v) is 17.7. The van der Waals surface area contributed by atoms with Gasteiger partial charge in [0.25, 0.3) is 0 Å². The average molecular weight is 385 g/mol. The van der Waals surface area contributed by atoms with Crippen LogP contribution >= 0.6 is 0 Å². The summed E-state index contributed by atoms with van der Waals surface area (Å²) in [6.45, 7) is 9.71. The van der Waals surface area contributed by atoms with Crippen LogP contribution in [0.2, 0.25) is 0 Å². The third-order valence-corrected chi connectivity index (χ3v) is 8.88. The van der Waals surface area contributed by atoms with Gasteiger partial charge in [0.15, 0.2) is 17.2 Å². The van der Waals surface area contributed by atoms with Gasteiger partial charge in [-0.25, -0.2) is 0 Å². The molecule has 152 valence electrons. The third-order valence-electron chi connectivity index (χ3n) is 8.88. The molecule has 0 aromatic carbocycles. The first-order valence-corrected chi connectivity index (χ1v) is 10.7. The maximum absolute atomic E-state index is 12.8. The van der Waals surface area contributed by atoms with Crippen molar-refractivity contribution in [2.75, 3.05) is 0 Å². The standard InChI is InChI=1S/C24H32O4/c1-14-12-18-19(22(4)9-6-17(27)13-21(14)22)7-10-23(5)20(18)8-11-24(23,15(2)25)28-16(3)26/h6,9,13-14,18-20H,7-8,10-12H2,1-5H3/t14-,18+,19-,20-,22+,23-,24+/m0/s1. The van der Waals surface area contributed by atoms with Gasteiger partial charge in [-0.05, 0) is 74.9 Å². The fourth-order valence-corrected chi connectivity index (χ4v) is 7.68. The van der Waals surface area contributed by atoms with E-state index in [-0.39, 0.29) is 28.4 Å². The van der Waals surface area contributed by atoms with Gasteiger partial charge in [0.2, 0.25) is 0 Å². The molecule has 0 spiro atoms. The summed E-state index contributed by atoms with van der Waals surface area (Å²) in [6, 6.07) is 0. The molecule has 0 aromatic heterocycles. The molecule has 0 radical (unpaired) electrons. The normalized spacial score (nSPS) is 46.9. The predicted molar refractivity (Wildman–Crippen MR) is 106 cm³/mol. The minimum Gasteiger partial charge on any atom is -0.451 e. The van der Waals surface area contributed by atoms with Gasteiger partial charge in [0.05, 0.1) is 0 Å². The van der Waals surface area contributed by atoms with Crippen molar-refractivity contribution in [2.24, 2.45) is 34.5 Å². The molecule has 4 nitrogen and oxygen atoms in total. The smallest absolute Gasteiger partial charge is 0.303 e. The molecule has 3 saturated carbocycles. The van der Waals surface area contributed by atoms with Crippen molar-refractivity contribution in [3.63, 3.8) is 0 Å². The van der Waals surface area contributed by atoms with Crippen LogP contribution in [0.3, 0.4) is 0 Å². The maximum atomic E-state index is 12.8. The summed E-state index contributed by atoms with van der Waals surface area (Å²) in [5.41, 5.74) is -0.0919. The number of carbonyl (C=O) groups is 3. The summed E-state index contributed by atoms with van der Waals surface area (Å²) in [7, 11) is 0. The Hall–Kier alpha value is -1.71. The van der Waals surface area contributed by atoms with Crippen molar-refractivity contribution in [1.29, 1.82) is 0 Å². The number of esters is 1. The van der Waals surface area contributed by atoms with E-state index in [4.69, 9.17) is 4.74 Å². The van der Waals surface area contributed by atoms with Crippen molar-refractivity contribution < 1.29 is 19.1 Å². The summed E-state index contributed by atoms with van der Waals surface area (Å²) < 4.78 is 5.83. The first-order chi connectivity index (χ1) is 13.0. The summed E-state index contributed by atoms with van der Waals surface area (Å²) in [6.07, 6.45) is 10.2. The summed E-state index contributed by atoms with van der Waals surface area (Å²) in [4.78, 5) is 36.7. The highest BCUT2D eigenvalue weighted by Crippen LogP contribution is 2.68. The van der Waals surface area contributed by atoms with Crippen LogP contribution in [0.5, 0.6) is 0 Å². The fourth-order valence-electron chi connectivity index (χ4n) is 7.68. The van der Waals surface area contributed by atoms with Gasteiger partial charge in [-0.15, -0.1) is 0 Å². The van der Waals surface area contributed by atoms with E-state index < -0.39 is 5.60 Å². The largest absolute Gasteiger partial charge is 0.451 e. The van der Waals surface area contributed by atoms with E-state index >= 15 is 0 Å². The van der Waals surface area contributed by atoms with Crippen LogP contribution < -0.4 is 0 Å². The Morgan fingerprint density at radius 3 is 2.43 bits per heavy atom. The molecule has 0 aromatic rings. The predicted octanol–water partition coefficient (Wildman–Crippen LogP) is 4.43.